The lowest BCUT2D eigenvalue weighted by Crippen LogP contribution is -1.92. The van der Waals surface area contributed by atoms with Gasteiger partial charge in [0, 0.05) is 10.8 Å². The molecule has 0 atom stereocenters. The standard InChI is InChI=1S/C48H28O/c1-2-13-35-29(9-1)19-20-30-21-22-33(28-42(30)35)32-11-7-12-34(27-32)45-36-14-3-5-16-38(36)47(39-17-6-4-15-37(39)45)40-25-26-44-48-41(40)24-23-31-10-8-18-43(49-44)46(31)48/h1-28H. The predicted molar refractivity (Wildman–Crippen MR) is 209 cm³/mol. The molecule has 0 bridgehead atoms. The Hall–Kier alpha value is -6.44. The first-order valence-corrected chi connectivity index (χ1v) is 16.9. The van der Waals surface area contributed by atoms with E-state index < -0.39 is 0 Å². The molecule has 0 saturated heterocycles. The molecular formula is C48H28O. The van der Waals surface area contributed by atoms with Crippen molar-refractivity contribution in [1.82, 2.24) is 0 Å². The third-order valence-electron chi connectivity index (χ3n) is 10.6. The lowest BCUT2D eigenvalue weighted by molar-refractivity contribution is 0.669. The number of hydrogen-bond acceptors (Lipinski definition) is 1. The van der Waals surface area contributed by atoms with E-state index in [0.29, 0.717) is 0 Å². The van der Waals surface area contributed by atoms with Gasteiger partial charge >= 0.3 is 0 Å². The van der Waals surface area contributed by atoms with E-state index in [2.05, 4.69) is 170 Å². The SMILES string of the molecule is c1cc(-c2ccc3ccc4ccccc4c3c2)cc(-c2c3ccccc3c(-c3ccc4oc5cccc6ccc3c4c65)c3ccccc23)c1. The molecule has 0 spiro atoms. The van der Waals surface area contributed by atoms with Gasteiger partial charge in [0.1, 0.15) is 11.2 Å². The minimum atomic E-state index is 0.939. The van der Waals surface area contributed by atoms with Crippen molar-refractivity contribution in [2.24, 2.45) is 0 Å². The van der Waals surface area contributed by atoms with Crippen molar-refractivity contribution < 1.29 is 4.42 Å². The van der Waals surface area contributed by atoms with Gasteiger partial charge in [0.05, 0.1) is 0 Å². The largest absolute Gasteiger partial charge is 0.456 e. The summed E-state index contributed by atoms with van der Waals surface area (Å²) in [5.74, 6) is 0. The van der Waals surface area contributed by atoms with E-state index in [1.54, 1.807) is 0 Å². The molecule has 0 N–H and O–H groups in total. The molecule has 10 aromatic carbocycles. The van der Waals surface area contributed by atoms with Crippen LogP contribution in [0.4, 0.5) is 0 Å². The quantitative estimate of drug-likeness (QED) is 0.141. The van der Waals surface area contributed by atoms with Gasteiger partial charge in [-0.2, -0.15) is 0 Å². The van der Waals surface area contributed by atoms with Crippen molar-refractivity contribution in [3.8, 4) is 33.4 Å². The first-order valence-electron chi connectivity index (χ1n) is 16.9. The van der Waals surface area contributed by atoms with Gasteiger partial charge in [0.2, 0.25) is 0 Å². The van der Waals surface area contributed by atoms with E-state index in [4.69, 9.17) is 4.42 Å². The summed E-state index contributed by atoms with van der Waals surface area (Å²) < 4.78 is 6.35. The molecule has 1 heterocycles. The first kappa shape index (κ1) is 26.6. The van der Waals surface area contributed by atoms with E-state index in [9.17, 15) is 0 Å². The molecule has 0 aliphatic rings. The number of rotatable bonds is 3. The zero-order valence-electron chi connectivity index (χ0n) is 26.6. The van der Waals surface area contributed by atoms with Crippen molar-refractivity contribution in [2.45, 2.75) is 0 Å². The Kier molecular flexibility index (Phi) is 5.45. The van der Waals surface area contributed by atoms with Gasteiger partial charge in [-0.05, 0) is 118 Å². The highest BCUT2D eigenvalue weighted by Crippen LogP contribution is 2.48. The monoisotopic (exact) mass is 620 g/mol. The maximum absolute atomic E-state index is 6.35. The van der Waals surface area contributed by atoms with Crippen LogP contribution in [0.3, 0.4) is 0 Å². The van der Waals surface area contributed by atoms with Crippen LogP contribution in [0, 0.1) is 0 Å². The van der Waals surface area contributed by atoms with Gasteiger partial charge in [-0.25, -0.2) is 0 Å². The third kappa shape index (κ3) is 3.82. The Balaban J connectivity index is 1.17. The number of benzene rings is 10. The van der Waals surface area contributed by atoms with Crippen LogP contribution >= 0.6 is 0 Å². The number of furan rings is 1. The molecule has 1 heteroatoms. The van der Waals surface area contributed by atoms with Gasteiger partial charge in [-0.1, -0.05) is 140 Å². The lowest BCUT2D eigenvalue weighted by atomic mass is 9.84. The molecule has 0 fully saturated rings. The lowest BCUT2D eigenvalue weighted by Gasteiger charge is -2.19. The van der Waals surface area contributed by atoms with E-state index in [1.807, 2.05) is 0 Å². The zero-order valence-corrected chi connectivity index (χ0v) is 26.6. The van der Waals surface area contributed by atoms with Crippen molar-refractivity contribution in [3.05, 3.63) is 170 Å². The molecule has 0 unspecified atom stereocenters. The number of fused-ring (bicyclic) bond motifs is 5. The Morgan fingerprint density at radius 1 is 0.286 bits per heavy atom. The Morgan fingerprint density at radius 2 is 0.857 bits per heavy atom. The molecule has 11 rings (SSSR count). The fourth-order valence-electron chi connectivity index (χ4n) is 8.43. The van der Waals surface area contributed by atoms with E-state index >= 15 is 0 Å². The fraction of sp³-hybridized carbons (Fsp3) is 0. The highest BCUT2D eigenvalue weighted by Gasteiger charge is 2.21. The summed E-state index contributed by atoms with van der Waals surface area (Å²) in [7, 11) is 0. The second kappa shape index (κ2) is 10.0. The highest BCUT2D eigenvalue weighted by molar-refractivity contribution is 6.28. The Labute approximate surface area is 282 Å². The smallest absolute Gasteiger partial charge is 0.136 e. The Morgan fingerprint density at radius 3 is 1.65 bits per heavy atom. The average molecular weight is 621 g/mol. The molecule has 226 valence electrons. The molecule has 1 nitrogen and oxygen atoms in total. The van der Waals surface area contributed by atoms with Crippen LogP contribution in [0.15, 0.2) is 174 Å². The van der Waals surface area contributed by atoms with Crippen molar-refractivity contribution >= 4 is 75.8 Å². The predicted octanol–water partition coefficient (Wildman–Crippen LogP) is 13.8. The van der Waals surface area contributed by atoms with Crippen LogP contribution in [-0.2, 0) is 0 Å². The van der Waals surface area contributed by atoms with Gasteiger partial charge < -0.3 is 4.42 Å². The zero-order chi connectivity index (χ0) is 32.1. The van der Waals surface area contributed by atoms with E-state index in [1.165, 1.54) is 98.0 Å². The summed E-state index contributed by atoms with van der Waals surface area (Å²) >= 11 is 0. The molecule has 49 heavy (non-hydrogen) atoms. The van der Waals surface area contributed by atoms with Crippen LogP contribution in [0.25, 0.3) is 109 Å². The van der Waals surface area contributed by atoms with Crippen LogP contribution in [-0.4, -0.2) is 0 Å². The van der Waals surface area contributed by atoms with Crippen molar-refractivity contribution in [3.63, 3.8) is 0 Å². The molecule has 0 aliphatic heterocycles. The summed E-state index contributed by atoms with van der Waals surface area (Å²) in [4.78, 5) is 0. The summed E-state index contributed by atoms with van der Waals surface area (Å²) in [6, 6.07) is 62.2. The van der Waals surface area contributed by atoms with Crippen molar-refractivity contribution in [1.29, 1.82) is 0 Å². The minimum absolute atomic E-state index is 0.939. The normalized spacial score (nSPS) is 12.1. The van der Waals surface area contributed by atoms with Crippen molar-refractivity contribution in [2.75, 3.05) is 0 Å². The summed E-state index contributed by atoms with van der Waals surface area (Å²) in [5, 5.41) is 15.0. The van der Waals surface area contributed by atoms with Gasteiger partial charge in [-0.3, -0.25) is 0 Å². The van der Waals surface area contributed by atoms with E-state index in [-0.39, 0.29) is 0 Å². The summed E-state index contributed by atoms with van der Waals surface area (Å²) in [6.07, 6.45) is 0. The molecular weight excluding hydrogens is 593 g/mol. The Bertz CT molecular complexity index is 3050. The summed E-state index contributed by atoms with van der Waals surface area (Å²) in [6.45, 7) is 0. The second-order valence-corrected chi connectivity index (χ2v) is 13.2. The van der Waals surface area contributed by atoms with Crippen LogP contribution < -0.4 is 0 Å². The number of hydrogen-bond donors (Lipinski definition) is 0. The van der Waals surface area contributed by atoms with Crippen LogP contribution in [0.2, 0.25) is 0 Å². The molecule has 0 radical (unpaired) electrons. The third-order valence-corrected chi connectivity index (χ3v) is 10.6. The molecule has 1 aromatic heterocycles. The topological polar surface area (TPSA) is 13.1 Å². The highest BCUT2D eigenvalue weighted by atomic mass is 16.3. The molecule has 11 aromatic rings. The fourth-order valence-corrected chi connectivity index (χ4v) is 8.43. The minimum Gasteiger partial charge on any atom is -0.456 e. The van der Waals surface area contributed by atoms with Gasteiger partial charge in [0.25, 0.3) is 0 Å². The van der Waals surface area contributed by atoms with Crippen LogP contribution in [0.1, 0.15) is 0 Å². The maximum atomic E-state index is 6.35. The molecule has 0 amide bonds. The maximum Gasteiger partial charge on any atom is 0.136 e. The van der Waals surface area contributed by atoms with Crippen LogP contribution in [0.5, 0.6) is 0 Å². The molecule has 0 saturated carbocycles. The first-order chi connectivity index (χ1) is 24.3. The van der Waals surface area contributed by atoms with E-state index in [0.717, 1.165) is 11.2 Å². The summed E-state index contributed by atoms with van der Waals surface area (Å²) in [5.41, 5.74) is 9.31. The average Bonchev–Trinajstić information content (AvgIpc) is 3.56. The molecule has 0 aliphatic carbocycles. The van der Waals surface area contributed by atoms with Gasteiger partial charge in [0.15, 0.2) is 0 Å². The second-order valence-electron chi connectivity index (χ2n) is 13.2. The van der Waals surface area contributed by atoms with Gasteiger partial charge in [-0.15, -0.1) is 0 Å².